The molecule has 0 unspecified atom stereocenters. The summed E-state index contributed by atoms with van der Waals surface area (Å²) in [5, 5.41) is 0. The minimum atomic E-state index is -4.21. The van der Waals surface area contributed by atoms with E-state index in [9.17, 15) is 13.2 Å². The first-order valence-electron chi connectivity index (χ1n) is 8.91. The molecule has 0 aromatic heterocycles. The second-order valence-electron chi connectivity index (χ2n) is 7.56. The van der Waals surface area contributed by atoms with E-state index in [0.717, 1.165) is 18.7 Å². The Labute approximate surface area is 154 Å². The van der Waals surface area contributed by atoms with E-state index in [1.807, 2.05) is 6.08 Å². The van der Waals surface area contributed by atoms with Crippen LogP contribution in [0.4, 0.5) is 13.2 Å². The molecule has 0 bridgehead atoms. The number of halogens is 3. The lowest BCUT2D eigenvalue weighted by molar-refractivity contribution is -0.0361. The molecule has 0 N–H and O–H groups in total. The molecule has 1 heterocycles. The van der Waals surface area contributed by atoms with Gasteiger partial charge in [0, 0.05) is 43.8 Å². The van der Waals surface area contributed by atoms with Gasteiger partial charge in [0.2, 0.25) is 0 Å². The smallest absolute Gasteiger partial charge is 0.371 e. The Morgan fingerprint density at radius 1 is 1.16 bits per heavy atom. The second-order valence-corrected chi connectivity index (χ2v) is 8.72. The summed E-state index contributed by atoms with van der Waals surface area (Å²) in [4.78, 5) is 2.10. The van der Waals surface area contributed by atoms with Gasteiger partial charge in [-0.1, -0.05) is 32.1 Å². The SMILES string of the molecule is C=C(/C=C/C1=C(C)CCCC1(C)C)N1CCCN(SC(F)(F)F)CC1. The maximum Gasteiger partial charge on any atom is 0.456 e. The minimum absolute atomic E-state index is 0.00758. The number of rotatable bonds is 4. The number of allylic oxidation sites excluding steroid dienone is 4. The van der Waals surface area contributed by atoms with Gasteiger partial charge >= 0.3 is 5.51 Å². The van der Waals surface area contributed by atoms with Crippen LogP contribution in [0.3, 0.4) is 0 Å². The highest BCUT2D eigenvalue weighted by molar-refractivity contribution is 7.97. The second kappa shape index (κ2) is 8.21. The van der Waals surface area contributed by atoms with Crippen molar-refractivity contribution in [1.29, 1.82) is 0 Å². The van der Waals surface area contributed by atoms with Crippen molar-refractivity contribution in [3.8, 4) is 0 Å². The molecule has 1 saturated heterocycles. The fraction of sp³-hybridized carbons (Fsp3) is 0.684. The van der Waals surface area contributed by atoms with Gasteiger partial charge in [-0.15, -0.1) is 0 Å². The summed E-state index contributed by atoms with van der Waals surface area (Å²) in [6.07, 6.45) is 8.48. The van der Waals surface area contributed by atoms with Gasteiger partial charge in [-0.25, -0.2) is 4.31 Å². The van der Waals surface area contributed by atoms with E-state index < -0.39 is 5.51 Å². The average molecular weight is 375 g/mol. The lowest BCUT2D eigenvalue weighted by Gasteiger charge is -2.33. The van der Waals surface area contributed by atoms with Crippen molar-refractivity contribution >= 4 is 11.9 Å². The molecule has 0 aromatic rings. The van der Waals surface area contributed by atoms with Crippen molar-refractivity contribution in [2.75, 3.05) is 26.2 Å². The molecule has 0 radical (unpaired) electrons. The Morgan fingerprint density at radius 3 is 2.52 bits per heavy atom. The third kappa shape index (κ3) is 6.10. The third-order valence-corrected chi connectivity index (χ3v) is 5.91. The van der Waals surface area contributed by atoms with Crippen molar-refractivity contribution in [1.82, 2.24) is 9.21 Å². The highest BCUT2D eigenvalue weighted by Gasteiger charge is 2.33. The molecule has 25 heavy (non-hydrogen) atoms. The van der Waals surface area contributed by atoms with Gasteiger partial charge in [-0.3, -0.25) is 0 Å². The Morgan fingerprint density at radius 2 is 1.88 bits per heavy atom. The lowest BCUT2D eigenvalue weighted by atomic mass is 9.72. The van der Waals surface area contributed by atoms with Crippen molar-refractivity contribution in [2.45, 2.75) is 52.0 Å². The highest BCUT2D eigenvalue weighted by atomic mass is 32.2. The van der Waals surface area contributed by atoms with E-state index >= 15 is 0 Å². The van der Waals surface area contributed by atoms with Crippen LogP contribution in [0.25, 0.3) is 0 Å². The van der Waals surface area contributed by atoms with Crippen LogP contribution in [-0.4, -0.2) is 40.9 Å². The summed E-state index contributed by atoms with van der Waals surface area (Å²) in [6.45, 7) is 13.1. The minimum Gasteiger partial charge on any atom is -0.371 e. The number of hydrogen-bond donors (Lipinski definition) is 0. The summed E-state index contributed by atoms with van der Waals surface area (Å²) in [5.41, 5.74) is -0.325. The molecule has 2 nitrogen and oxygen atoms in total. The summed E-state index contributed by atoms with van der Waals surface area (Å²) in [5.74, 6) is 0. The quantitative estimate of drug-likeness (QED) is 0.456. The number of nitrogens with zero attached hydrogens (tertiary/aromatic N) is 2. The Hall–Kier alpha value is -0.880. The van der Waals surface area contributed by atoms with Gasteiger partial charge in [-0.2, -0.15) is 13.2 Å². The van der Waals surface area contributed by atoms with Gasteiger partial charge in [0.25, 0.3) is 0 Å². The molecule has 142 valence electrons. The van der Waals surface area contributed by atoms with Gasteiger partial charge in [0.1, 0.15) is 0 Å². The van der Waals surface area contributed by atoms with Crippen molar-refractivity contribution in [3.05, 3.63) is 35.6 Å². The molecule has 2 rings (SSSR count). The molecule has 1 aliphatic heterocycles. The predicted octanol–water partition coefficient (Wildman–Crippen LogP) is 5.76. The largest absolute Gasteiger partial charge is 0.456 e. The molecule has 1 aliphatic carbocycles. The van der Waals surface area contributed by atoms with E-state index in [0.29, 0.717) is 26.1 Å². The standard InChI is InChI=1S/C19H29F3N2S/c1-15-7-5-10-18(3,4)17(15)9-8-16(2)23-11-6-12-24(14-13-23)25-19(20,21)22/h8-9H,2,5-7,10-14H2,1,3-4H3/b9-8+. The number of hydrogen-bond acceptors (Lipinski definition) is 3. The van der Waals surface area contributed by atoms with Gasteiger partial charge in [0.15, 0.2) is 0 Å². The van der Waals surface area contributed by atoms with Crippen LogP contribution >= 0.6 is 11.9 Å². The molecular weight excluding hydrogens is 345 g/mol. The van der Waals surface area contributed by atoms with E-state index in [1.165, 1.54) is 28.3 Å². The van der Waals surface area contributed by atoms with E-state index in [2.05, 4.69) is 38.3 Å². The van der Waals surface area contributed by atoms with Crippen LogP contribution in [0.5, 0.6) is 0 Å². The Balaban J connectivity index is 1.97. The summed E-state index contributed by atoms with van der Waals surface area (Å²) >= 11 is -0.00758. The fourth-order valence-electron chi connectivity index (χ4n) is 3.71. The first-order valence-corrected chi connectivity index (χ1v) is 9.69. The van der Waals surface area contributed by atoms with Crippen LogP contribution < -0.4 is 0 Å². The molecule has 1 fully saturated rings. The fourth-order valence-corrected chi connectivity index (χ4v) is 4.40. The zero-order chi connectivity index (χ0) is 18.7. The third-order valence-electron chi connectivity index (χ3n) is 5.08. The van der Waals surface area contributed by atoms with Crippen LogP contribution in [0, 0.1) is 5.41 Å². The molecule has 0 atom stereocenters. The zero-order valence-electron chi connectivity index (χ0n) is 15.5. The summed E-state index contributed by atoms with van der Waals surface area (Å²) < 4.78 is 39.0. The summed E-state index contributed by atoms with van der Waals surface area (Å²) in [7, 11) is 0. The average Bonchev–Trinajstić information content (AvgIpc) is 2.69. The van der Waals surface area contributed by atoms with E-state index in [1.54, 1.807) is 0 Å². The van der Waals surface area contributed by atoms with Crippen molar-refractivity contribution in [2.24, 2.45) is 5.41 Å². The van der Waals surface area contributed by atoms with Crippen molar-refractivity contribution in [3.63, 3.8) is 0 Å². The molecular formula is C19H29F3N2S. The Kier molecular flexibility index (Phi) is 6.71. The first-order chi connectivity index (χ1) is 11.6. The number of alkyl halides is 3. The molecule has 0 aromatic carbocycles. The van der Waals surface area contributed by atoms with E-state index in [-0.39, 0.29) is 17.4 Å². The summed E-state index contributed by atoms with van der Waals surface area (Å²) in [6, 6.07) is 0. The Bertz CT molecular complexity index is 549. The maximum atomic E-state index is 12.5. The highest BCUT2D eigenvalue weighted by Crippen LogP contribution is 2.41. The van der Waals surface area contributed by atoms with Crippen molar-refractivity contribution < 1.29 is 13.2 Å². The molecule has 0 spiro atoms. The van der Waals surface area contributed by atoms with Crippen LogP contribution in [0.15, 0.2) is 35.6 Å². The van der Waals surface area contributed by atoms with Crippen LogP contribution in [0.2, 0.25) is 0 Å². The van der Waals surface area contributed by atoms with Gasteiger partial charge < -0.3 is 4.90 Å². The molecule has 0 saturated carbocycles. The monoisotopic (exact) mass is 374 g/mol. The van der Waals surface area contributed by atoms with Gasteiger partial charge in [0.05, 0.1) is 0 Å². The molecule has 6 heteroatoms. The lowest BCUT2D eigenvalue weighted by Crippen LogP contribution is -2.28. The normalized spacial score (nSPS) is 23.2. The first kappa shape index (κ1) is 20.4. The topological polar surface area (TPSA) is 6.48 Å². The molecule has 2 aliphatic rings. The van der Waals surface area contributed by atoms with Crippen LogP contribution in [0.1, 0.15) is 46.5 Å². The maximum absolute atomic E-state index is 12.5. The van der Waals surface area contributed by atoms with Gasteiger partial charge in [-0.05, 0) is 49.7 Å². The van der Waals surface area contributed by atoms with E-state index in [4.69, 9.17) is 0 Å². The zero-order valence-corrected chi connectivity index (χ0v) is 16.3. The van der Waals surface area contributed by atoms with Crippen LogP contribution in [-0.2, 0) is 0 Å². The molecule has 0 amide bonds. The predicted molar refractivity (Wildman–Crippen MR) is 100 cm³/mol.